The molecule has 2 aliphatic carbocycles. The SMILES string of the molecule is C1=CC2=C(CC1)c1ccccc1C21c2ccccc2Oc2ccc(-c3nc(-c4ccccc4)nc(-c4ccc5ccccc5c4)n3)cc21. The van der Waals surface area contributed by atoms with Gasteiger partial charge in [0.05, 0.1) is 5.41 Å². The van der Waals surface area contributed by atoms with Crippen molar-refractivity contribution in [2.45, 2.75) is 18.3 Å². The van der Waals surface area contributed by atoms with E-state index in [4.69, 9.17) is 19.7 Å². The van der Waals surface area contributed by atoms with Crippen LogP contribution in [0.25, 0.3) is 50.5 Å². The molecule has 0 radical (unpaired) electrons. The summed E-state index contributed by atoms with van der Waals surface area (Å²) in [5.74, 6) is 3.66. The number of aromatic nitrogens is 3. The van der Waals surface area contributed by atoms with Gasteiger partial charge in [0, 0.05) is 27.8 Å². The number of benzene rings is 6. The van der Waals surface area contributed by atoms with Gasteiger partial charge in [0.25, 0.3) is 0 Å². The summed E-state index contributed by atoms with van der Waals surface area (Å²) in [6, 6.07) is 48.8. The third-order valence-corrected chi connectivity index (χ3v) is 10.1. The highest BCUT2D eigenvalue weighted by atomic mass is 16.5. The van der Waals surface area contributed by atoms with Crippen molar-refractivity contribution in [1.29, 1.82) is 0 Å². The molecule has 48 heavy (non-hydrogen) atoms. The van der Waals surface area contributed by atoms with Gasteiger partial charge >= 0.3 is 0 Å². The summed E-state index contributed by atoms with van der Waals surface area (Å²) in [6.45, 7) is 0. The van der Waals surface area contributed by atoms with Gasteiger partial charge in [-0.2, -0.15) is 0 Å². The van der Waals surface area contributed by atoms with Gasteiger partial charge in [0.1, 0.15) is 11.5 Å². The maximum Gasteiger partial charge on any atom is 0.164 e. The second kappa shape index (κ2) is 10.4. The summed E-state index contributed by atoms with van der Waals surface area (Å²) in [5.41, 5.74) is 9.96. The lowest BCUT2D eigenvalue weighted by Gasteiger charge is -2.40. The Morgan fingerprint density at radius 1 is 0.500 bits per heavy atom. The summed E-state index contributed by atoms with van der Waals surface area (Å²) < 4.78 is 6.68. The van der Waals surface area contributed by atoms with Crippen LogP contribution in [0.5, 0.6) is 11.5 Å². The molecule has 0 bridgehead atoms. The number of hydrogen-bond acceptors (Lipinski definition) is 4. The van der Waals surface area contributed by atoms with E-state index in [1.807, 2.05) is 18.2 Å². The smallest absolute Gasteiger partial charge is 0.164 e. The maximum atomic E-state index is 6.68. The highest BCUT2D eigenvalue weighted by Crippen LogP contribution is 2.62. The van der Waals surface area contributed by atoms with Crippen molar-refractivity contribution >= 4 is 16.3 Å². The maximum absolute atomic E-state index is 6.68. The largest absolute Gasteiger partial charge is 0.457 e. The van der Waals surface area contributed by atoms with Crippen molar-refractivity contribution in [1.82, 2.24) is 15.0 Å². The number of fused-ring (bicyclic) bond motifs is 9. The molecule has 1 spiro atoms. The molecule has 3 aliphatic rings. The van der Waals surface area contributed by atoms with Crippen molar-refractivity contribution in [2.24, 2.45) is 0 Å². The first kappa shape index (κ1) is 27.0. The van der Waals surface area contributed by atoms with Crippen molar-refractivity contribution in [3.63, 3.8) is 0 Å². The molecule has 10 rings (SSSR count). The summed E-state index contributed by atoms with van der Waals surface area (Å²) in [5, 5.41) is 2.33. The van der Waals surface area contributed by atoms with Crippen molar-refractivity contribution in [3.8, 4) is 45.7 Å². The molecule has 1 unspecified atom stereocenters. The van der Waals surface area contributed by atoms with E-state index in [1.54, 1.807) is 0 Å². The van der Waals surface area contributed by atoms with Gasteiger partial charge in [-0.1, -0.05) is 121 Å². The molecule has 1 aromatic heterocycles. The van der Waals surface area contributed by atoms with Crippen LogP contribution >= 0.6 is 0 Å². The van der Waals surface area contributed by atoms with E-state index in [1.165, 1.54) is 27.7 Å². The zero-order chi connectivity index (χ0) is 31.7. The molecule has 7 aromatic rings. The highest BCUT2D eigenvalue weighted by Gasteiger charge is 2.51. The topological polar surface area (TPSA) is 47.9 Å². The molecule has 0 amide bonds. The van der Waals surface area contributed by atoms with Crippen LogP contribution in [0.1, 0.15) is 35.1 Å². The Bertz CT molecular complexity index is 2500. The normalized spacial score (nSPS) is 17.1. The number of hydrogen-bond donors (Lipinski definition) is 0. The molecule has 0 fully saturated rings. The van der Waals surface area contributed by atoms with Crippen LogP contribution in [0.4, 0.5) is 0 Å². The molecular weight excluding hydrogens is 587 g/mol. The minimum absolute atomic E-state index is 0.514. The summed E-state index contributed by atoms with van der Waals surface area (Å²) >= 11 is 0. The van der Waals surface area contributed by atoms with E-state index in [2.05, 4.69) is 133 Å². The number of para-hydroxylation sites is 1. The van der Waals surface area contributed by atoms with Gasteiger partial charge in [-0.3, -0.25) is 0 Å². The van der Waals surface area contributed by atoms with Crippen molar-refractivity contribution in [2.75, 3.05) is 0 Å². The number of rotatable bonds is 3. The fourth-order valence-electron chi connectivity index (χ4n) is 7.95. The molecule has 2 heterocycles. The van der Waals surface area contributed by atoms with Gasteiger partial charge in [-0.25, -0.2) is 15.0 Å². The van der Waals surface area contributed by atoms with E-state index in [9.17, 15) is 0 Å². The number of nitrogens with zero attached hydrogens (tertiary/aromatic N) is 3. The molecule has 1 atom stereocenters. The second-order valence-corrected chi connectivity index (χ2v) is 12.7. The molecule has 4 heteroatoms. The average molecular weight is 616 g/mol. The molecule has 226 valence electrons. The zero-order valence-electron chi connectivity index (χ0n) is 26.1. The lowest BCUT2D eigenvalue weighted by molar-refractivity contribution is 0.435. The van der Waals surface area contributed by atoms with E-state index >= 15 is 0 Å². The van der Waals surface area contributed by atoms with Crippen molar-refractivity contribution in [3.05, 3.63) is 180 Å². The number of allylic oxidation sites excluding steroid dienone is 4. The Balaban J connectivity index is 1.22. The van der Waals surface area contributed by atoms with Crippen LogP contribution in [0.3, 0.4) is 0 Å². The first-order chi connectivity index (χ1) is 23.8. The van der Waals surface area contributed by atoms with Gasteiger partial charge in [0.15, 0.2) is 17.5 Å². The van der Waals surface area contributed by atoms with E-state index in [-0.39, 0.29) is 0 Å². The highest BCUT2D eigenvalue weighted by molar-refractivity contribution is 5.91. The lowest BCUT2D eigenvalue weighted by Crippen LogP contribution is -2.33. The summed E-state index contributed by atoms with van der Waals surface area (Å²) in [4.78, 5) is 15.3. The predicted molar refractivity (Wildman–Crippen MR) is 192 cm³/mol. The Hall–Kier alpha value is -6.13. The molecule has 6 aromatic carbocycles. The minimum Gasteiger partial charge on any atom is -0.457 e. The molecule has 0 saturated carbocycles. The molecule has 0 N–H and O–H groups in total. The Labute approximate surface area is 278 Å². The van der Waals surface area contributed by atoms with E-state index in [0.29, 0.717) is 17.5 Å². The summed E-state index contributed by atoms with van der Waals surface area (Å²) in [6.07, 6.45) is 6.73. The first-order valence-electron chi connectivity index (χ1n) is 16.5. The van der Waals surface area contributed by atoms with Gasteiger partial charge in [-0.05, 0) is 76.2 Å². The second-order valence-electron chi connectivity index (χ2n) is 12.7. The van der Waals surface area contributed by atoms with Crippen LogP contribution in [0, 0.1) is 0 Å². The molecule has 1 aliphatic heterocycles. The molecular formula is C44H29N3O. The molecule has 4 nitrogen and oxygen atoms in total. The van der Waals surface area contributed by atoms with Crippen LogP contribution in [-0.4, -0.2) is 15.0 Å². The number of ether oxygens (including phenoxy) is 1. The summed E-state index contributed by atoms with van der Waals surface area (Å²) in [7, 11) is 0. The lowest BCUT2D eigenvalue weighted by atomic mass is 9.64. The third-order valence-electron chi connectivity index (χ3n) is 10.1. The third kappa shape index (κ3) is 3.93. The van der Waals surface area contributed by atoms with E-state index in [0.717, 1.165) is 57.5 Å². The van der Waals surface area contributed by atoms with Crippen LogP contribution in [-0.2, 0) is 5.41 Å². The monoisotopic (exact) mass is 615 g/mol. The Kier molecular flexibility index (Phi) is 5.88. The predicted octanol–water partition coefficient (Wildman–Crippen LogP) is 10.6. The van der Waals surface area contributed by atoms with Gasteiger partial charge in [0.2, 0.25) is 0 Å². The van der Waals surface area contributed by atoms with Crippen LogP contribution in [0.15, 0.2) is 157 Å². The fourth-order valence-corrected chi connectivity index (χ4v) is 7.95. The Morgan fingerprint density at radius 2 is 1.15 bits per heavy atom. The first-order valence-corrected chi connectivity index (χ1v) is 16.5. The van der Waals surface area contributed by atoms with Gasteiger partial charge < -0.3 is 4.74 Å². The standard InChI is InChI=1S/C44H29N3O/c1-2-13-29(14-3-1)41-45-42(31-23-22-28-12-4-5-15-30(28)26-31)47-43(46-41)32-24-25-40-38(27-32)44(37-20-10-11-21-39(37)48-40)35-18-8-6-16-33(35)34-17-7-9-19-36(34)44/h1-6,8-16,18-27H,7,17H2. The van der Waals surface area contributed by atoms with Crippen molar-refractivity contribution < 1.29 is 4.74 Å². The minimum atomic E-state index is -0.514. The molecule has 0 saturated heterocycles. The van der Waals surface area contributed by atoms with Crippen LogP contribution < -0.4 is 4.74 Å². The fraction of sp³-hybridized carbons (Fsp3) is 0.0682. The zero-order valence-corrected chi connectivity index (χ0v) is 26.1. The Morgan fingerprint density at radius 3 is 2.00 bits per heavy atom. The average Bonchev–Trinajstić information content (AvgIpc) is 3.45. The van der Waals surface area contributed by atoms with Crippen LogP contribution in [0.2, 0.25) is 0 Å². The van der Waals surface area contributed by atoms with E-state index < -0.39 is 5.41 Å². The van der Waals surface area contributed by atoms with Gasteiger partial charge in [-0.15, -0.1) is 0 Å². The quantitative estimate of drug-likeness (QED) is 0.198.